The van der Waals surface area contributed by atoms with E-state index in [1.54, 1.807) is 27.7 Å². The molecule has 0 saturated heterocycles. The number of amides is 3. The second-order valence-electron chi connectivity index (χ2n) is 8.18. The summed E-state index contributed by atoms with van der Waals surface area (Å²) in [6, 6.07) is -4.88. The van der Waals surface area contributed by atoms with Gasteiger partial charge in [-0.15, -0.1) is 0 Å². The van der Waals surface area contributed by atoms with E-state index in [2.05, 4.69) is 16.0 Å². The number of carbonyl (C=O) groups excluding carboxylic acids is 3. The zero-order valence-electron chi connectivity index (χ0n) is 19.0. The van der Waals surface area contributed by atoms with E-state index >= 15 is 0 Å². The van der Waals surface area contributed by atoms with Crippen LogP contribution in [0, 0.1) is 11.8 Å². The van der Waals surface area contributed by atoms with Crippen LogP contribution in [0.3, 0.4) is 0 Å². The Morgan fingerprint density at radius 3 is 1.84 bits per heavy atom. The summed E-state index contributed by atoms with van der Waals surface area (Å²) in [7, 11) is 0. The van der Waals surface area contributed by atoms with E-state index in [0.29, 0.717) is 6.42 Å². The molecule has 184 valence electrons. The first kappa shape index (κ1) is 29.3. The Hall–Kier alpha value is -2.73. The Morgan fingerprint density at radius 1 is 0.875 bits per heavy atom. The van der Waals surface area contributed by atoms with Crippen molar-refractivity contribution >= 4 is 29.7 Å². The molecule has 0 rings (SSSR count). The lowest BCUT2D eigenvalue weighted by Crippen LogP contribution is -2.58. The van der Waals surface area contributed by atoms with Gasteiger partial charge in [0, 0.05) is 6.42 Å². The molecule has 0 aromatic heterocycles. The maximum atomic E-state index is 12.8. The lowest BCUT2D eigenvalue weighted by Gasteiger charge is -2.27. The summed E-state index contributed by atoms with van der Waals surface area (Å²) in [4.78, 5) is 60.1. The van der Waals surface area contributed by atoms with Gasteiger partial charge in [0.2, 0.25) is 17.7 Å². The lowest BCUT2D eigenvalue weighted by molar-refractivity contribution is -0.144. The maximum absolute atomic E-state index is 12.8. The molecule has 12 nitrogen and oxygen atoms in total. The average Bonchev–Trinajstić information content (AvgIpc) is 2.71. The highest BCUT2D eigenvalue weighted by Gasteiger charge is 2.32. The molecule has 0 radical (unpaired) electrons. The third-order valence-corrected chi connectivity index (χ3v) is 4.93. The molecule has 5 atom stereocenters. The highest BCUT2D eigenvalue weighted by atomic mass is 16.4. The van der Waals surface area contributed by atoms with Crippen LogP contribution in [0.25, 0.3) is 0 Å². The number of hydrogen-bond donors (Lipinski definition) is 7. The Kier molecular flexibility index (Phi) is 13.1. The zero-order chi connectivity index (χ0) is 25.0. The predicted octanol–water partition coefficient (Wildman–Crippen LogP) is -1.20. The molecule has 12 heteroatoms. The topological polar surface area (TPSA) is 208 Å². The normalized spacial score (nSPS) is 15.7. The summed E-state index contributed by atoms with van der Waals surface area (Å²) in [6.07, 6.45) is -0.0705. The molecule has 0 aliphatic rings. The second-order valence-corrected chi connectivity index (χ2v) is 8.18. The summed E-state index contributed by atoms with van der Waals surface area (Å²) < 4.78 is 0. The molecule has 8 N–H and O–H groups in total. The molecule has 5 unspecified atom stereocenters. The number of hydrogen-bond acceptors (Lipinski definition) is 7. The minimum atomic E-state index is -1.33. The van der Waals surface area contributed by atoms with Crippen LogP contribution in [0.4, 0.5) is 0 Å². The number of aliphatic carboxylic acids is 2. The zero-order valence-corrected chi connectivity index (χ0v) is 19.0. The van der Waals surface area contributed by atoms with Gasteiger partial charge in [0.15, 0.2) is 0 Å². The van der Waals surface area contributed by atoms with Crippen LogP contribution in [0.2, 0.25) is 0 Å². The fourth-order valence-corrected chi connectivity index (χ4v) is 2.81. The Bertz CT molecular complexity index is 670. The highest BCUT2D eigenvalue weighted by molar-refractivity contribution is 5.94. The van der Waals surface area contributed by atoms with Gasteiger partial charge in [-0.2, -0.15) is 0 Å². The number of rotatable bonds is 15. The molecular formula is C20H36N4O8. The van der Waals surface area contributed by atoms with Crippen LogP contribution in [-0.4, -0.2) is 75.8 Å². The van der Waals surface area contributed by atoms with Crippen LogP contribution < -0.4 is 21.7 Å². The highest BCUT2D eigenvalue weighted by Crippen LogP contribution is 2.10. The van der Waals surface area contributed by atoms with E-state index in [1.807, 2.05) is 0 Å². The van der Waals surface area contributed by atoms with Gasteiger partial charge in [0.1, 0.15) is 24.2 Å². The smallest absolute Gasteiger partial charge is 0.326 e. The fourth-order valence-electron chi connectivity index (χ4n) is 2.81. The van der Waals surface area contributed by atoms with Crippen molar-refractivity contribution in [2.45, 2.75) is 77.5 Å². The monoisotopic (exact) mass is 460 g/mol. The first-order valence-corrected chi connectivity index (χ1v) is 10.6. The maximum Gasteiger partial charge on any atom is 0.326 e. The van der Waals surface area contributed by atoms with E-state index in [4.69, 9.17) is 15.9 Å². The summed E-state index contributed by atoms with van der Waals surface area (Å²) in [5.74, 6) is -5.24. The number of carbonyl (C=O) groups is 5. The van der Waals surface area contributed by atoms with E-state index in [9.17, 15) is 29.1 Å². The van der Waals surface area contributed by atoms with Crippen molar-refractivity contribution in [1.82, 2.24) is 16.0 Å². The molecule has 0 heterocycles. The van der Waals surface area contributed by atoms with Crippen molar-refractivity contribution in [3.8, 4) is 0 Å². The van der Waals surface area contributed by atoms with Crippen molar-refractivity contribution in [2.75, 3.05) is 6.61 Å². The summed E-state index contributed by atoms with van der Waals surface area (Å²) in [5, 5.41) is 34.6. The third-order valence-electron chi connectivity index (χ3n) is 4.93. The Balaban J connectivity index is 5.58. The number of nitrogens with two attached hydrogens (primary N) is 1. The average molecular weight is 461 g/mol. The number of aliphatic hydroxyl groups is 1. The minimum Gasteiger partial charge on any atom is -0.481 e. The van der Waals surface area contributed by atoms with Gasteiger partial charge in [0.25, 0.3) is 0 Å². The molecule has 0 bridgehead atoms. The summed E-state index contributed by atoms with van der Waals surface area (Å²) in [5.41, 5.74) is 5.47. The molecule has 0 saturated carbocycles. The number of carboxylic acid groups (broad SMARTS) is 2. The number of carboxylic acids is 2. The van der Waals surface area contributed by atoms with E-state index in [-0.39, 0.29) is 18.8 Å². The largest absolute Gasteiger partial charge is 0.481 e. The molecule has 3 amide bonds. The molecule has 32 heavy (non-hydrogen) atoms. The lowest BCUT2D eigenvalue weighted by atomic mass is 9.98. The van der Waals surface area contributed by atoms with Gasteiger partial charge in [-0.1, -0.05) is 34.1 Å². The molecule has 0 aliphatic heterocycles. The van der Waals surface area contributed by atoms with Crippen molar-refractivity contribution in [3.05, 3.63) is 0 Å². The first-order valence-electron chi connectivity index (χ1n) is 10.6. The van der Waals surface area contributed by atoms with Gasteiger partial charge in [-0.25, -0.2) is 4.79 Å². The summed E-state index contributed by atoms with van der Waals surface area (Å²) >= 11 is 0. The van der Waals surface area contributed by atoms with Gasteiger partial charge < -0.3 is 37.0 Å². The van der Waals surface area contributed by atoms with Gasteiger partial charge in [0.05, 0.1) is 6.61 Å². The van der Waals surface area contributed by atoms with Crippen LogP contribution in [0.5, 0.6) is 0 Å². The standard InChI is InChI=1S/C20H36N4O8/c1-5-11(4)16(20(31)32)24-18(29)13(6-7-15(26)27)22-19(30)14(8-10(2)3)23-17(28)12(21)9-25/h10-14,16,25H,5-9,21H2,1-4H3,(H,22,30)(H,23,28)(H,24,29)(H,26,27)(H,31,32). The fraction of sp³-hybridized carbons (Fsp3) is 0.750. The van der Waals surface area contributed by atoms with Crippen molar-refractivity contribution in [2.24, 2.45) is 17.6 Å². The Labute approximate surface area is 187 Å². The SMILES string of the molecule is CCC(C)C(NC(=O)C(CCC(=O)O)NC(=O)C(CC(C)C)NC(=O)C(N)CO)C(=O)O. The third kappa shape index (κ3) is 10.5. The Morgan fingerprint density at radius 2 is 1.41 bits per heavy atom. The minimum absolute atomic E-state index is 0.0375. The van der Waals surface area contributed by atoms with Gasteiger partial charge in [-0.3, -0.25) is 19.2 Å². The van der Waals surface area contributed by atoms with Crippen molar-refractivity contribution < 1.29 is 39.3 Å². The first-order chi connectivity index (χ1) is 14.8. The van der Waals surface area contributed by atoms with Gasteiger partial charge >= 0.3 is 11.9 Å². The second kappa shape index (κ2) is 14.4. The van der Waals surface area contributed by atoms with E-state index in [1.165, 1.54) is 0 Å². The van der Waals surface area contributed by atoms with E-state index < -0.39 is 72.8 Å². The quantitative estimate of drug-likeness (QED) is 0.156. The van der Waals surface area contributed by atoms with Crippen LogP contribution >= 0.6 is 0 Å². The number of aliphatic hydroxyl groups excluding tert-OH is 1. The molecule has 0 aliphatic carbocycles. The number of nitrogens with one attached hydrogen (secondary N) is 3. The molecule has 0 aromatic carbocycles. The van der Waals surface area contributed by atoms with E-state index in [0.717, 1.165) is 0 Å². The van der Waals surface area contributed by atoms with Gasteiger partial charge in [-0.05, 0) is 24.7 Å². The molecule has 0 spiro atoms. The van der Waals surface area contributed by atoms with Crippen LogP contribution in [0.1, 0.15) is 53.4 Å². The molecular weight excluding hydrogens is 424 g/mol. The van der Waals surface area contributed by atoms with Crippen molar-refractivity contribution in [3.63, 3.8) is 0 Å². The summed E-state index contributed by atoms with van der Waals surface area (Å²) in [6.45, 7) is 6.38. The van der Waals surface area contributed by atoms with Crippen LogP contribution in [0.15, 0.2) is 0 Å². The van der Waals surface area contributed by atoms with Crippen molar-refractivity contribution in [1.29, 1.82) is 0 Å². The predicted molar refractivity (Wildman–Crippen MR) is 114 cm³/mol. The van der Waals surface area contributed by atoms with Crippen LogP contribution in [-0.2, 0) is 24.0 Å². The molecule has 0 aromatic rings. The molecule has 0 fully saturated rings.